The third kappa shape index (κ3) is 2.95. The Labute approximate surface area is 98.7 Å². The second-order valence-corrected chi connectivity index (χ2v) is 4.32. The molecule has 0 fully saturated rings. The van der Waals surface area contributed by atoms with E-state index in [2.05, 4.69) is 42.9 Å². The third-order valence-electron chi connectivity index (χ3n) is 3.15. The first-order chi connectivity index (χ1) is 7.60. The normalized spacial score (nSPS) is 12.9. The standard InChI is InChI=1S/C13H23N3/c1-5-12(6-2)16(4)13-8-7-11(9-15-13)10(3)14/h7-10,12H,5-6,14H2,1-4H3. The fraction of sp³-hybridized carbons (Fsp3) is 0.615. The Bertz CT molecular complexity index is 301. The zero-order valence-electron chi connectivity index (χ0n) is 10.8. The van der Waals surface area contributed by atoms with E-state index in [-0.39, 0.29) is 6.04 Å². The van der Waals surface area contributed by atoms with Gasteiger partial charge >= 0.3 is 0 Å². The molecular weight excluding hydrogens is 198 g/mol. The van der Waals surface area contributed by atoms with E-state index in [1.165, 1.54) is 0 Å². The minimum Gasteiger partial charge on any atom is -0.357 e. The number of pyridine rings is 1. The fourth-order valence-corrected chi connectivity index (χ4v) is 1.90. The summed E-state index contributed by atoms with van der Waals surface area (Å²) in [4.78, 5) is 6.70. The van der Waals surface area contributed by atoms with Crippen LogP contribution in [0.15, 0.2) is 18.3 Å². The summed E-state index contributed by atoms with van der Waals surface area (Å²) >= 11 is 0. The van der Waals surface area contributed by atoms with Gasteiger partial charge in [0, 0.05) is 25.3 Å². The van der Waals surface area contributed by atoms with Crippen LogP contribution in [0.1, 0.15) is 45.2 Å². The van der Waals surface area contributed by atoms with Gasteiger partial charge in [-0.1, -0.05) is 19.9 Å². The molecule has 0 saturated heterocycles. The van der Waals surface area contributed by atoms with Crippen molar-refractivity contribution in [1.29, 1.82) is 0 Å². The molecule has 0 spiro atoms. The molecule has 0 radical (unpaired) electrons. The van der Waals surface area contributed by atoms with E-state index in [4.69, 9.17) is 5.73 Å². The van der Waals surface area contributed by atoms with Crippen molar-refractivity contribution in [3.63, 3.8) is 0 Å². The number of hydrogen-bond donors (Lipinski definition) is 1. The average molecular weight is 221 g/mol. The Kier molecular flexibility index (Phi) is 4.74. The maximum Gasteiger partial charge on any atom is 0.128 e. The monoisotopic (exact) mass is 221 g/mol. The lowest BCUT2D eigenvalue weighted by Crippen LogP contribution is -2.31. The van der Waals surface area contributed by atoms with Gasteiger partial charge in [-0.05, 0) is 31.4 Å². The molecule has 0 amide bonds. The second kappa shape index (κ2) is 5.85. The second-order valence-electron chi connectivity index (χ2n) is 4.32. The molecule has 0 aromatic carbocycles. The fourth-order valence-electron chi connectivity index (χ4n) is 1.90. The van der Waals surface area contributed by atoms with Crippen LogP contribution in [0.3, 0.4) is 0 Å². The summed E-state index contributed by atoms with van der Waals surface area (Å²) < 4.78 is 0. The molecule has 16 heavy (non-hydrogen) atoms. The third-order valence-corrected chi connectivity index (χ3v) is 3.15. The summed E-state index contributed by atoms with van der Waals surface area (Å²) in [7, 11) is 2.10. The molecule has 1 heterocycles. The molecule has 0 aliphatic heterocycles. The van der Waals surface area contributed by atoms with Crippen molar-refractivity contribution in [3.8, 4) is 0 Å². The van der Waals surface area contributed by atoms with Crippen LogP contribution in [0, 0.1) is 0 Å². The molecule has 0 saturated carbocycles. The first-order valence-corrected chi connectivity index (χ1v) is 6.04. The minimum atomic E-state index is 0.0556. The van der Waals surface area contributed by atoms with Crippen LogP contribution in [0.4, 0.5) is 5.82 Å². The van der Waals surface area contributed by atoms with Crippen LogP contribution in [-0.2, 0) is 0 Å². The van der Waals surface area contributed by atoms with E-state index in [1.54, 1.807) is 0 Å². The molecule has 0 aliphatic carbocycles. The van der Waals surface area contributed by atoms with Gasteiger partial charge in [0.2, 0.25) is 0 Å². The van der Waals surface area contributed by atoms with Gasteiger partial charge in [0.1, 0.15) is 5.82 Å². The van der Waals surface area contributed by atoms with Crippen molar-refractivity contribution >= 4 is 5.82 Å². The van der Waals surface area contributed by atoms with Gasteiger partial charge in [-0.15, -0.1) is 0 Å². The van der Waals surface area contributed by atoms with Crippen molar-refractivity contribution in [2.24, 2.45) is 5.73 Å². The number of anilines is 1. The van der Waals surface area contributed by atoms with Gasteiger partial charge in [0.05, 0.1) is 0 Å². The van der Waals surface area contributed by atoms with Crippen molar-refractivity contribution < 1.29 is 0 Å². The Hall–Kier alpha value is -1.09. The lowest BCUT2D eigenvalue weighted by atomic mass is 10.1. The molecule has 1 aromatic heterocycles. The number of aromatic nitrogens is 1. The van der Waals surface area contributed by atoms with E-state index < -0.39 is 0 Å². The van der Waals surface area contributed by atoms with E-state index in [0.29, 0.717) is 6.04 Å². The lowest BCUT2D eigenvalue weighted by Gasteiger charge is -2.27. The summed E-state index contributed by atoms with van der Waals surface area (Å²) in [6.07, 6.45) is 4.16. The molecule has 1 unspecified atom stereocenters. The van der Waals surface area contributed by atoms with Gasteiger partial charge in [0.15, 0.2) is 0 Å². The summed E-state index contributed by atoms with van der Waals surface area (Å²) in [5.74, 6) is 1.03. The number of rotatable bonds is 5. The van der Waals surface area contributed by atoms with Crippen LogP contribution < -0.4 is 10.6 Å². The van der Waals surface area contributed by atoms with Crippen LogP contribution >= 0.6 is 0 Å². The van der Waals surface area contributed by atoms with Crippen molar-refractivity contribution in [2.45, 2.75) is 45.7 Å². The molecule has 3 nitrogen and oxygen atoms in total. The molecule has 2 N–H and O–H groups in total. The van der Waals surface area contributed by atoms with Crippen molar-refractivity contribution in [1.82, 2.24) is 4.98 Å². The first kappa shape index (κ1) is 13.0. The van der Waals surface area contributed by atoms with Crippen LogP contribution in [0.5, 0.6) is 0 Å². The molecule has 0 aliphatic rings. The SMILES string of the molecule is CCC(CC)N(C)c1ccc(C(C)N)cn1. The van der Waals surface area contributed by atoms with E-state index in [1.807, 2.05) is 13.1 Å². The van der Waals surface area contributed by atoms with Gasteiger partial charge in [-0.25, -0.2) is 4.98 Å². The van der Waals surface area contributed by atoms with E-state index in [0.717, 1.165) is 24.2 Å². The van der Waals surface area contributed by atoms with E-state index >= 15 is 0 Å². The van der Waals surface area contributed by atoms with Crippen LogP contribution in [0.25, 0.3) is 0 Å². The molecule has 1 atom stereocenters. The predicted octanol–water partition coefficient (Wildman–Crippen LogP) is 2.73. The Morgan fingerprint density at radius 1 is 1.31 bits per heavy atom. The molecule has 0 bridgehead atoms. The topological polar surface area (TPSA) is 42.1 Å². The highest BCUT2D eigenvalue weighted by atomic mass is 15.2. The Morgan fingerprint density at radius 2 is 1.94 bits per heavy atom. The lowest BCUT2D eigenvalue weighted by molar-refractivity contribution is 0.586. The zero-order valence-corrected chi connectivity index (χ0v) is 10.8. The summed E-state index contributed by atoms with van der Waals surface area (Å²) in [6, 6.07) is 4.73. The summed E-state index contributed by atoms with van der Waals surface area (Å²) in [5.41, 5.74) is 6.88. The number of nitrogens with two attached hydrogens (primary N) is 1. The zero-order chi connectivity index (χ0) is 12.1. The first-order valence-electron chi connectivity index (χ1n) is 6.04. The Morgan fingerprint density at radius 3 is 2.31 bits per heavy atom. The Balaban J connectivity index is 2.80. The molecular formula is C13H23N3. The maximum atomic E-state index is 5.80. The average Bonchev–Trinajstić information content (AvgIpc) is 2.30. The van der Waals surface area contributed by atoms with Gasteiger partial charge in [0.25, 0.3) is 0 Å². The maximum absolute atomic E-state index is 5.80. The molecule has 1 rings (SSSR count). The summed E-state index contributed by atoms with van der Waals surface area (Å²) in [6.45, 7) is 6.39. The molecule has 90 valence electrons. The quantitative estimate of drug-likeness (QED) is 0.831. The highest BCUT2D eigenvalue weighted by molar-refractivity contribution is 5.39. The van der Waals surface area contributed by atoms with Crippen LogP contribution in [-0.4, -0.2) is 18.1 Å². The van der Waals surface area contributed by atoms with Gasteiger partial charge < -0.3 is 10.6 Å². The van der Waals surface area contributed by atoms with Gasteiger partial charge in [-0.3, -0.25) is 0 Å². The highest BCUT2D eigenvalue weighted by Crippen LogP contribution is 2.17. The van der Waals surface area contributed by atoms with Gasteiger partial charge in [-0.2, -0.15) is 0 Å². The largest absolute Gasteiger partial charge is 0.357 e. The minimum absolute atomic E-state index is 0.0556. The highest BCUT2D eigenvalue weighted by Gasteiger charge is 2.12. The van der Waals surface area contributed by atoms with Crippen LogP contribution in [0.2, 0.25) is 0 Å². The smallest absolute Gasteiger partial charge is 0.128 e. The predicted molar refractivity (Wildman–Crippen MR) is 69.6 cm³/mol. The van der Waals surface area contributed by atoms with Crippen molar-refractivity contribution in [3.05, 3.63) is 23.9 Å². The van der Waals surface area contributed by atoms with E-state index in [9.17, 15) is 0 Å². The van der Waals surface area contributed by atoms with Crippen molar-refractivity contribution in [2.75, 3.05) is 11.9 Å². The molecule has 3 heteroatoms. The molecule has 1 aromatic rings. The summed E-state index contributed by atoms with van der Waals surface area (Å²) in [5, 5.41) is 0. The number of nitrogens with zero attached hydrogens (tertiary/aromatic N) is 2. The number of hydrogen-bond acceptors (Lipinski definition) is 3.